The molecule has 0 heterocycles. The molecular weight excluding hydrogens is 318 g/mol. The molecule has 1 atom stereocenters. The Bertz CT molecular complexity index is 700. The number of carboxylic acids is 1. The van der Waals surface area contributed by atoms with Gasteiger partial charge in [0, 0.05) is 12.4 Å². The molecule has 0 aliphatic rings. The predicted octanol–water partition coefficient (Wildman–Crippen LogP) is 1.96. The van der Waals surface area contributed by atoms with Gasteiger partial charge >= 0.3 is 0 Å². The standard InChI is InChI=1S/C17H16ClNO4/c1-23-12-8-6-11(7-9-12)15(10-16(20)21)19-17(22)13-4-2-3-5-14(13)18/h2-9,15H,10H2,1H3,(H,19,22)(H,20,21)/p-1/t15-/m0/s1. The molecule has 2 aromatic carbocycles. The quantitative estimate of drug-likeness (QED) is 0.877. The average Bonchev–Trinajstić information content (AvgIpc) is 2.54. The number of aliphatic carboxylic acids is 1. The second kappa shape index (κ2) is 7.65. The summed E-state index contributed by atoms with van der Waals surface area (Å²) in [7, 11) is 1.53. The van der Waals surface area contributed by atoms with E-state index in [2.05, 4.69) is 5.32 Å². The van der Waals surface area contributed by atoms with Gasteiger partial charge in [0.15, 0.2) is 0 Å². The van der Waals surface area contributed by atoms with Gasteiger partial charge in [-0.2, -0.15) is 0 Å². The van der Waals surface area contributed by atoms with Crippen LogP contribution >= 0.6 is 11.6 Å². The maximum absolute atomic E-state index is 12.3. The van der Waals surface area contributed by atoms with Crippen LogP contribution in [0.3, 0.4) is 0 Å². The van der Waals surface area contributed by atoms with Crippen molar-refractivity contribution < 1.29 is 19.4 Å². The summed E-state index contributed by atoms with van der Waals surface area (Å²) in [5.41, 5.74) is 0.918. The van der Waals surface area contributed by atoms with E-state index in [0.29, 0.717) is 16.3 Å². The fraction of sp³-hybridized carbons (Fsp3) is 0.176. The van der Waals surface area contributed by atoms with Crippen LogP contribution in [-0.2, 0) is 4.79 Å². The van der Waals surface area contributed by atoms with Gasteiger partial charge in [0.05, 0.1) is 23.7 Å². The Balaban J connectivity index is 2.23. The molecule has 5 nitrogen and oxygen atoms in total. The van der Waals surface area contributed by atoms with Crippen LogP contribution in [0, 0.1) is 0 Å². The minimum atomic E-state index is -1.26. The minimum absolute atomic E-state index is 0.283. The smallest absolute Gasteiger partial charge is 0.253 e. The van der Waals surface area contributed by atoms with Crippen molar-refractivity contribution in [2.24, 2.45) is 0 Å². The molecule has 0 aromatic heterocycles. The van der Waals surface area contributed by atoms with Gasteiger partial charge in [-0.15, -0.1) is 0 Å². The van der Waals surface area contributed by atoms with E-state index in [9.17, 15) is 14.7 Å². The third-order valence-electron chi connectivity index (χ3n) is 3.31. The second-order valence-electron chi connectivity index (χ2n) is 4.86. The molecule has 1 amide bonds. The van der Waals surface area contributed by atoms with Crippen molar-refractivity contribution in [2.75, 3.05) is 7.11 Å². The Labute approximate surface area is 138 Å². The topological polar surface area (TPSA) is 78.5 Å². The maximum Gasteiger partial charge on any atom is 0.253 e. The number of carbonyl (C=O) groups is 2. The summed E-state index contributed by atoms with van der Waals surface area (Å²) in [6, 6.07) is 12.6. The van der Waals surface area contributed by atoms with E-state index in [1.165, 1.54) is 7.11 Å². The fourth-order valence-corrected chi connectivity index (χ4v) is 2.36. The molecule has 2 aromatic rings. The number of carboxylic acid groups (broad SMARTS) is 1. The Morgan fingerprint density at radius 2 is 1.83 bits per heavy atom. The van der Waals surface area contributed by atoms with Crippen LogP contribution in [-0.4, -0.2) is 19.0 Å². The summed E-state index contributed by atoms with van der Waals surface area (Å²) < 4.78 is 5.06. The molecule has 120 valence electrons. The molecule has 0 radical (unpaired) electrons. The lowest BCUT2D eigenvalue weighted by molar-refractivity contribution is -0.306. The summed E-state index contributed by atoms with van der Waals surface area (Å²) in [6.45, 7) is 0. The first-order valence-electron chi connectivity index (χ1n) is 6.90. The average molecular weight is 333 g/mol. The Hall–Kier alpha value is -2.53. The number of ether oxygens (including phenoxy) is 1. The zero-order valence-corrected chi connectivity index (χ0v) is 13.2. The lowest BCUT2D eigenvalue weighted by atomic mass is 10.0. The third-order valence-corrected chi connectivity index (χ3v) is 3.64. The van der Waals surface area contributed by atoms with Gasteiger partial charge in [0.2, 0.25) is 0 Å². The highest BCUT2D eigenvalue weighted by molar-refractivity contribution is 6.33. The molecule has 0 unspecified atom stereocenters. The molecule has 0 saturated heterocycles. The molecule has 0 aliphatic carbocycles. The van der Waals surface area contributed by atoms with Gasteiger partial charge in [-0.1, -0.05) is 35.9 Å². The summed E-state index contributed by atoms with van der Waals surface area (Å²) in [5, 5.41) is 14.0. The summed E-state index contributed by atoms with van der Waals surface area (Å²) in [4.78, 5) is 23.3. The van der Waals surface area contributed by atoms with E-state index in [1.54, 1.807) is 48.5 Å². The molecule has 0 aliphatic heterocycles. The van der Waals surface area contributed by atoms with Crippen LogP contribution in [0.4, 0.5) is 0 Å². The van der Waals surface area contributed by atoms with Gasteiger partial charge < -0.3 is 20.0 Å². The number of nitrogens with one attached hydrogen (secondary N) is 1. The monoisotopic (exact) mass is 332 g/mol. The second-order valence-corrected chi connectivity index (χ2v) is 5.26. The van der Waals surface area contributed by atoms with Crippen LogP contribution in [0.2, 0.25) is 5.02 Å². The molecule has 0 bridgehead atoms. The van der Waals surface area contributed by atoms with Crippen molar-refractivity contribution >= 4 is 23.5 Å². The largest absolute Gasteiger partial charge is 0.550 e. The lowest BCUT2D eigenvalue weighted by Crippen LogP contribution is -2.34. The van der Waals surface area contributed by atoms with Crippen molar-refractivity contribution in [1.82, 2.24) is 5.32 Å². The van der Waals surface area contributed by atoms with Crippen LogP contribution in [0.1, 0.15) is 28.4 Å². The maximum atomic E-state index is 12.3. The predicted molar refractivity (Wildman–Crippen MR) is 84.3 cm³/mol. The highest BCUT2D eigenvalue weighted by Gasteiger charge is 2.17. The van der Waals surface area contributed by atoms with E-state index in [4.69, 9.17) is 16.3 Å². The van der Waals surface area contributed by atoms with Crippen LogP contribution < -0.4 is 15.2 Å². The van der Waals surface area contributed by atoms with Gasteiger partial charge in [0.25, 0.3) is 5.91 Å². The number of carbonyl (C=O) groups excluding carboxylic acids is 2. The van der Waals surface area contributed by atoms with Gasteiger partial charge in [-0.05, 0) is 29.8 Å². The molecular formula is C17H15ClNO4-. The molecule has 23 heavy (non-hydrogen) atoms. The van der Waals surface area contributed by atoms with E-state index in [-0.39, 0.29) is 12.0 Å². The fourth-order valence-electron chi connectivity index (χ4n) is 2.14. The Morgan fingerprint density at radius 3 is 2.39 bits per heavy atom. The van der Waals surface area contributed by atoms with Crippen molar-refractivity contribution in [2.45, 2.75) is 12.5 Å². The van der Waals surface area contributed by atoms with Crippen molar-refractivity contribution in [1.29, 1.82) is 0 Å². The number of hydrogen-bond donors (Lipinski definition) is 1. The molecule has 1 N–H and O–H groups in total. The first-order chi connectivity index (χ1) is 11.0. The highest BCUT2D eigenvalue weighted by atomic mass is 35.5. The van der Waals surface area contributed by atoms with E-state index in [1.807, 2.05) is 0 Å². The van der Waals surface area contributed by atoms with E-state index >= 15 is 0 Å². The van der Waals surface area contributed by atoms with Crippen LogP contribution in [0.5, 0.6) is 5.75 Å². The molecule has 6 heteroatoms. The SMILES string of the molecule is COc1ccc([C@H](CC(=O)[O-])NC(=O)c2ccccc2Cl)cc1. The normalized spacial score (nSPS) is 11.6. The first kappa shape index (κ1) is 16.8. The number of rotatable bonds is 6. The minimum Gasteiger partial charge on any atom is -0.550 e. The molecule has 0 spiro atoms. The van der Waals surface area contributed by atoms with Crippen molar-refractivity contribution in [3.63, 3.8) is 0 Å². The lowest BCUT2D eigenvalue weighted by Gasteiger charge is -2.20. The van der Waals surface area contributed by atoms with Gasteiger partial charge in [-0.3, -0.25) is 4.79 Å². The number of amides is 1. The number of hydrogen-bond acceptors (Lipinski definition) is 4. The highest BCUT2D eigenvalue weighted by Crippen LogP contribution is 2.22. The molecule has 2 rings (SSSR count). The van der Waals surface area contributed by atoms with Crippen molar-refractivity contribution in [3.05, 3.63) is 64.7 Å². The zero-order chi connectivity index (χ0) is 16.8. The summed E-state index contributed by atoms with van der Waals surface area (Å²) >= 11 is 5.99. The first-order valence-corrected chi connectivity index (χ1v) is 7.28. The number of benzene rings is 2. The molecule has 0 fully saturated rings. The van der Waals surface area contributed by atoms with E-state index < -0.39 is 17.9 Å². The Morgan fingerprint density at radius 1 is 1.17 bits per heavy atom. The third kappa shape index (κ3) is 4.47. The van der Waals surface area contributed by atoms with E-state index in [0.717, 1.165) is 0 Å². The van der Waals surface area contributed by atoms with Gasteiger partial charge in [0.1, 0.15) is 5.75 Å². The van der Waals surface area contributed by atoms with Gasteiger partial charge in [-0.25, -0.2) is 0 Å². The summed E-state index contributed by atoms with van der Waals surface area (Å²) in [6.07, 6.45) is -0.345. The number of halogens is 1. The summed E-state index contributed by atoms with van der Waals surface area (Å²) in [5.74, 6) is -1.07. The molecule has 0 saturated carbocycles. The number of methoxy groups -OCH3 is 1. The van der Waals surface area contributed by atoms with Crippen molar-refractivity contribution in [3.8, 4) is 5.75 Å². The van der Waals surface area contributed by atoms with Crippen LogP contribution in [0.25, 0.3) is 0 Å². The van der Waals surface area contributed by atoms with Crippen LogP contribution in [0.15, 0.2) is 48.5 Å². The Kier molecular flexibility index (Phi) is 5.60. The zero-order valence-electron chi connectivity index (χ0n) is 12.4.